The van der Waals surface area contributed by atoms with Gasteiger partial charge in [-0.2, -0.15) is 0 Å². The molecule has 1 amide bonds. The molecule has 5 heteroatoms. The van der Waals surface area contributed by atoms with Gasteiger partial charge in [0.25, 0.3) is 0 Å². The lowest BCUT2D eigenvalue weighted by atomic mass is 9.66. The van der Waals surface area contributed by atoms with Crippen LogP contribution in [-0.4, -0.2) is 30.1 Å². The van der Waals surface area contributed by atoms with E-state index in [0.29, 0.717) is 25.4 Å². The molecule has 0 saturated heterocycles. The van der Waals surface area contributed by atoms with Gasteiger partial charge in [0.1, 0.15) is 0 Å². The fraction of sp³-hybridized carbons (Fsp3) is 0.867. The fourth-order valence-corrected chi connectivity index (χ4v) is 2.96. The molecule has 5 nitrogen and oxygen atoms in total. The first kappa shape index (κ1) is 17.0. The summed E-state index contributed by atoms with van der Waals surface area (Å²) in [5.41, 5.74) is 5.49. The number of nitrogens with two attached hydrogens (primary N) is 1. The van der Waals surface area contributed by atoms with Crippen molar-refractivity contribution in [2.45, 2.75) is 52.4 Å². The van der Waals surface area contributed by atoms with Crippen LogP contribution >= 0.6 is 0 Å². The van der Waals surface area contributed by atoms with Gasteiger partial charge in [0.05, 0.1) is 6.42 Å². The molecule has 0 radical (unpaired) electrons. The van der Waals surface area contributed by atoms with E-state index in [2.05, 4.69) is 19.2 Å². The molecule has 0 bridgehead atoms. The Balaban J connectivity index is 2.36. The number of rotatable bonds is 9. The Labute approximate surface area is 121 Å². The average Bonchev–Trinajstić information content (AvgIpc) is 2.30. The Morgan fingerprint density at radius 2 is 2.00 bits per heavy atom. The van der Waals surface area contributed by atoms with Crippen LogP contribution in [0.2, 0.25) is 0 Å². The van der Waals surface area contributed by atoms with E-state index >= 15 is 0 Å². The minimum Gasteiger partial charge on any atom is -0.481 e. The standard InChI is InChI=1S/C15H28N2O3/c1-11(2)6-12(9-16)7-13(18)17-10-15(4-3-5-15)8-14(19)20/h11-12H,3-10,16H2,1-2H3,(H,17,18)(H,19,20)/t12-/m0/s1. The smallest absolute Gasteiger partial charge is 0.303 e. The lowest BCUT2D eigenvalue weighted by Gasteiger charge is -2.41. The van der Waals surface area contributed by atoms with E-state index in [4.69, 9.17) is 10.8 Å². The van der Waals surface area contributed by atoms with Crippen LogP contribution in [0.3, 0.4) is 0 Å². The molecule has 4 N–H and O–H groups in total. The third kappa shape index (κ3) is 5.49. The Morgan fingerprint density at radius 1 is 1.35 bits per heavy atom. The highest BCUT2D eigenvalue weighted by Gasteiger charge is 2.39. The Bertz CT molecular complexity index is 338. The average molecular weight is 284 g/mol. The first-order valence-corrected chi connectivity index (χ1v) is 7.55. The highest BCUT2D eigenvalue weighted by molar-refractivity contribution is 5.76. The van der Waals surface area contributed by atoms with E-state index in [-0.39, 0.29) is 23.7 Å². The molecule has 0 aromatic heterocycles. The van der Waals surface area contributed by atoms with Crippen LogP contribution in [0.5, 0.6) is 0 Å². The first-order valence-electron chi connectivity index (χ1n) is 7.55. The van der Waals surface area contributed by atoms with Gasteiger partial charge in [0, 0.05) is 13.0 Å². The molecule has 20 heavy (non-hydrogen) atoms. The summed E-state index contributed by atoms with van der Waals surface area (Å²) in [4.78, 5) is 22.8. The minimum atomic E-state index is -0.779. The molecule has 0 aliphatic heterocycles. The summed E-state index contributed by atoms with van der Waals surface area (Å²) >= 11 is 0. The summed E-state index contributed by atoms with van der Waals surface area (Å²) in [6, 6.07) is 0. The van der Waals surface area contributed by atoms with Gasteiger partial charge in [-0.3, -0.25) is 9.59 Å². The number of hydrogen-bond donors (Lipinski definition) is 3. The van der Waals surface area contributed by atoms with Gasteiger partial charge in [-0.25, -0.2) is 0 Å². The first-order chi connectivity index (χ1) is 9.37. The molecule has 0 spiro atoms. The molecular weight excluding hydrogens is 256 g/mol. The van der Waals surface area contributed by atoms with Gasteiger partial charge in [0.15, 0.2) is 0 Å². The van der Waals surface area contributed by atoms with Crippen LogP contribution in [0.15, 0.2) is 0 Å². The molecule has 1 atom stereocenters. The number of amides is 1. The van der Waals surface area contributed by atoms with Crippen molar-refractivity contribution in [1.82, 2.24) is 5.32 Å². The van der Waals surface area contributed by atoms with Crippen LogP contribution in [0.25, 0.3) is 0 Å². The Morgan fingerprint density at radius 3 is 2.40 bits per heavy atom. The van der Waals surface area contributed by atoms with Gasteiger partial charge in [-0.1, -0.05) is 20.3 Å². The van der Waals surface area contributed by atoms with Crippen molar-refractivity contribution in [3.63, 3.8) is 0 Å². The van der Waals surface area contributed by atoms with Crippen LogP contribution in [0, 0.1) is 17.3 Å². The zero-order chi connectivity index (χ0) is 15.2. The van der Waals surface area contributed by atoms with Crippen molar-refractivity contribution in [1.29, 1.82) is 0 Å². The molecular formula is C15H28N2O3. The van der Waals surface area contributed by atoms with E-state index in [1.807, 2.05) is 0 Å². The Kier molecular flexibility index (Phi) is 6.46. The summed E-state index contributed by atoms with van der Waals surface area (Å²) in [7, 11) is 0. The highest BCUT2D eigenvalue weighted by atomic mass is 16.4. The topological polar surface area (TPSA) is 92.4 Å². The molecule has 0 aromatic rings. The van der Waals surface area contributed by atoms with Gasteiger partial charge >= 0.3 is 5.97 Å². The zero-order valence-corrected chi connectivity index (χ0v) is 12.7. The van der Waals surface area contributed by atoms with Crippen LogP contribution < -0.4 is 11.1 Å². The molecule has 0 aromatic carbocycles. The largest absolute Gasteiger partial charge is 0.481 e. The monoisotopic (exact) mass is 284 g/mol. The van der Waals surface area contributed by atoms with E-state index < -0.39 is 5.97 Å². The number of nitrogens with one attached hydrogen (secondary N) is 1. The van der Waals surface area contributed by atoms with Gasteiger partial charge in [-0.05, 0) is 43.1 Å². The zero-order valence-electron chi connectivity index (χ0n) is 12.7. The quantitative estimate of drug-likeness (QED) is 0.601. The second-order valence-corrected chi connectivity index (χ2v) is 6.64. The van der Waals surface area contributed by atoms with Gasteiger partial charge in [0.2, 0.25) is 5.91 Å². The predicted octanol–water partition coefficient (Wildman–Crippen LogP) is 1.76. The molecule has 1 aliphatic carbocycles. The van der Waals surface area contributed by atoms with Crippen LogP contribution in [0.1, 0.15) is 52.4 Å². The molecule has 0 unspecified atom stereocenters. The van der Waals surface area contributed by atoms with E-state index in [0.717, 1.165) is 25.7 Å². The Hall–Kier alpha value is -1.10. The van der Waals surface area contributed by atoms with Crippen molar-refractivity contribution in [2.24, 2.45) is 23.0 Å². The number of aliphatic carboxylic acids is 1. The summed E-state index contributed by atoms with van der Waals surface area (Å²) in [6.45, 7) is 5.25. The molecule has 1 rings (SSSR count). The van der Waals surface area contributed by atoms with E-state index in [1.54, 1.807) is 0 Å². The molecule has 116 valence electrons. The lowest BCUT2D eigenvalue weighted by molar-refractivity contribution is -0.142. The second kappa shape index (κ2) is 7.62. The SMILES string of the molecule is CC(C)C[C@H](CN)CC(=O)NCC1(CC(=O)O)CCC1. The normalized spacial score (nSPS) is 18.4. The van der Waals surface area contributed by atoms with Crippen molar-refractivity contribution < 1.29 is 14.7 Å². The van der Waals surface area contributed by atoms with E-state index in [9.17, 15) is 9.59 Å². The van der Waals surface area contributed by atoms with Crippen molar-refractivity contribution in [3.05, 3.63) is 0 Å². The van der Waals surface area contributed by atoms with Crippen molar-refractivity contribution in [2.75, 3.05) is 13.1 Å². The van der Waals surface area contributed by atoms with Crippen LogP contribution in [0.4, 0.5) is 0 Å². The minimum absolute atomic E-state index is 0.00207. The third-order valence-electron chi connectivity index (χ3n) is 4.21. The molecule has 1 saturated carbocycles. The second-order valence-electron chi connectivity index (χ2n) is 6.64. The van der Waals surface area contributed by atoms with Crippen molar-refractivity contribution >= 4 is 11.9 Å². The van der Waals surface area contributed by atoms with E-state index in [1.165, 1.54) is 0 Å². The number of hydrogen-bond acceptors (Lipinski definition) is 3. The summed E-state index contributed by atoms with van der Waals surface area (Å²) in [5, 5.41) is 11.8. The maximum absolute atomic E-state index is 12.0. The van der Waals surface area contributed by atoms with Gasteiger partial charge in [-0.15, -0.1) is 0 Å². The predicted molar refractivity (Wildman–Crippen MR) is 78.2 cm³/mol. The van der Waals surface area contributed by atoms with Gasteiger partial charge < -0.3 is 16.2 Å². The summed E-state index contributed by atoms with van der Waals surface area (Å²) in [5.74, 6) is -0.0375. The molecule has 1 fully saturated rings. The molecule has 1 aliphatic rings. The number of carboxylic acids is 1. The molecule has 0 heterocycles. The number of carboxylic acid groups (broad SMARTS) is 1. The number of carbonyl (C=O) groups excluding carboxylic acids is 1. The maximum Gasteiger partial charge on any atom is 0.303 e. The highest BCUT2D eigenvalue weighted by Crippen LogP contribution is 2.43. The maximum atomic E-state index is 12.0. The summed E-state index contributed by atoms with van der Waals surface area (Å²) in [6.07, 6.45) is 4.39. The van der Waals surface area contributed by atoms with Crippen molar-refractivity contribution in [3.8, 4) is 0 Å². The fourth-order valence-electron chi connectivity index (χ4n) is 2.96. The number of carbonyl (C=O) groups is 2. The van der Waals surface area contributed by atoms with Crippen LogP contribution in [-0.2, 0) is 9.59 Å². The third-order valence-corrected chi connectivity index (χ3v) is 4.21. The summed E-state index contributed by atoms with van der Waals surface area (Å²) < 4.78 is 0. The lowest BCUT2D eigenvalue weighted by Crippen LogP contribution is -2.44.